The molecule has 0 saturated carbocycles. The number of nitriles is 1. The number of aromatic nitrogens is 1. The lowest BCUT2D eigenvalue weighted by molar-refractivity contribution is 0.765. The van der Waals surface area contributed by atoms with Crippen LogP contribution in [0.5, 0.6) is 0 Å². The van der Waals surface area contributed by atoms with Crippen molar-refractivity contribution in [3.8, 4) is 17.3 Å². The molecule has 5 heteroatoms. The summed E-state index contributed by atoms with van der Waals surface area (Å²) in [4.78, 5) is 12.6. The highest BCUT2D eigenvalue weighted by Crippen LogP contribution is 2.27. The molecule has 24 heavy (non-hydrogen) atoms. The van der Waals surface area contributed by atoms with Crippen molar-refractivity contribution in [1.29, 1.82) is 5.26 Å². The lowest BCUT2D eigenvalue weighted by Gasteiger charge is -2.14. The highest BCUT2D eigenvalue weighted by atomic mass is 35.5. The first-order chi connectivity index (χ1) is 11.6. The highest BCUT2D eigenvalue weighted by Gasteiger charge is 2.13. The Morgan fingerprint density at radius 3 is 2.33 bits per heavy atom. The van der Waals surface area contributed by atoms with Crippen molar-refractivity contribution in [2.24, 2.45) is 0 Å². The van der Waals surface area contributed by atoms with E-state index in [1.807, 2.05) is 36.4 Å². The summed E-state index contributed by atoms with van der Waals surface area (Å²) in [6.07, 6.45) is 0. The molecule has 3 aromatic rings. The standard InChI is InChI=1S/C19H12Cl2N2O/c20-15-8-5-13(6-9-15)12-23-18(10-7-14(11-22)19(23)24)16-3-1-2-4-17(16)21/h1-10H,12H2. The molecule has 0 radical (unpaired) electrons. The minimum absolute atomic E-state index is 0.0970. The van der Waals surface area contributed by atoms with E-state index in [0.717, 1.165) is 11.1 Å². The fourth-order valence-electron chi connectivity index (χ4n) is 2.50. The third kappa shape index (κ3) is 3.21. The molecule has 0 aliphatic rings. The van der Waals surface area contributed by atoms with Crippen LogP contribution in [0.4, 0.5) is 0 Å². The summed E-state index contributed by atoms with van der Waals surface area (Å²) in [7, 11) is 0. The summed E-state index contributed by atoms with van der Waals surface area (Å²) in [6, 6.07) is 19.8. The second kappa shape index (κ2) is 6.92. The van der Waals surface area contributed by atoms with Crippen molar-refractivity contribution < 1.29 is 0 Å². The minimum Gasteiger partial charge on any atom is -0.303 e. The van der Waals surface area contributed by atoms with Crippen LogP contribution in [-0.2, 0) is 6.54 Å². The monoisotopic (exact) mass is 354 g/mol. The van der Waals surface area contributed by atoms with Crippen LogP contribution in [-0.4, -0.2) is 4.57 Å². The Balaban J connectivity index is 2.18. The Morgan fingerprint density at radius 1 is 0.958 bits per heavy atom. The smallest absolute Gasteiger partial charge is 0.269 e. The van der Waals surface area contributed by atoms with Gasteiger partial charge in [0.2, 0.25) is 0 Å². The van der Waals surface area contributed by atoms with E-state index in [1.165, 1.54) is 6.07 Å². The first kappa shape index (κ1) is 16.3. The number of rotatable bonds is 3. The van der Waals surface area contributed by atoms with E-state index < -0.39 is 0 Å². The zero-order valence-corrected chi connectivity index (χ0v) is 14.1. The Bertz CT molecular complexity index is 985. The first-order valence-electron chi connectivity index (χ1n) is 7.23. The molecule has 0 N–H and O–H groups in total. The molecule has 118 valence electrons. The number of hydrogen-bond donors (Lipinski definition) is 0. The molecule has 0 aliphatic carbocycles. The number of pyridine rings is 1. The fraction of sp³-hybridized carbons (Fsp3) is 0.0526. The SMILES string of the molecule is N#Cc1ccc(-c2ccccc2Cl)n(Cc2ccc(Cl)cc2)c1=O. The molecule has 3 nitrogen and oxygen atoms in total. The maximum atomic E-state index is 12.6. The second-order valence-corrected chi connectivity index (χ2v) is 6.09. The summed E-state index contributed by atoms with van der Waals surface area (Å²) in [5.74, 6) is 0. The third-order valence-electron chi connectivity index (χ3n) is 3.70. The van der Waals surface area contributed by atoms with Gasteiger partial charge in [-0.25, -0.2) is 0 Å². The van der Waals surface area contributed by atoms with E-state index in [-0.39, 0.29) is 11.1 Å². The van der Waals surface area contributed by atoms with Crippen molar-refractivity contribution in [2.75, 3.05) is 0 Å². The van der Waals surface area contributed by atoms with Crippen LogP contribution in [0, 0.1) is 11.3 Å². The molecule has 2 aromatic carbocycles. The third-order valence-corrected chi connectivity index (χ3v) is 4.28. The van der Waals surface area contributed by atoms with Gasteiger partial charge in [0.15, 0.2) is 0 Å². The van der Waals surface area contributed by atoms with E-state index in [0.29, 0.717) is 22.3 Å². The lowest BCUT2D eigenvalue weighted by Crippen LogP contribution is -2.24. The predicted octanol–water partition coefficient (Wildman–Crippen LogP) is 4.74. The van der Waals surface area contributed by atoms with E-state index in [4.69, 9.17) is 28.5 Å². The molecule has 0 aliphatic heterocycles. The van der Waals surface area contributed by atoms with E-state index in [1.54, 1.807) is 28.8 Å². The van der Waals surface area contributed by atoms with E-state index in [2.05, 4.69) is 0 Å². The highest BCUT2D eigenvalue weighted by molar-refractivity contribution is 6.33. The van der Waals surface area contributed by atoms with Crippen LogP contribution in [0.15, 0.2) is 65.5 Å². The Labute approximate surface area is 149 Å². The topological polar surface area (TPSA) is 45.8 Å². The normalized spacial score (nSPS) is 10.4. The summed E-state index contributed by atoms with van der Waals surface area (Å²) in [6.45, 7) is 0.325. The van der Waals surface area contributed by atoms with Gasteiger partial charge in [-0.2, -0.15) is 5.26 Å². The summed E-state index contributed by atoms with van der Waals surface area (Å²) >= 11 is 12.2. The average molecular weight is 355 g/mol. The molecule has 0 spiro atoms. The van der Waals surface area contributed by atoms with Gasteiger partial charge in [0.05, 0.1) is 12.2 Å². The number of nitrogens with zero attached hydrogens (tertiary/aromatic N) is 2. The van der Waals surface area contributed by atoms with Crippen molar-refractivity contribution in [3.05, 3.63) is 92.2 Å². The van der Waals surface area contributed by atoms with Gasteiger partial charge in [-0.15, -0.1) is 0 Å². The number of halogens is 2. The first-order valence-corrected chi connectivity index (χ1v) is 7.99. The molecule has 3 rings (SSSR count). The molecule has 0 saturated heterocycles. The van der Waals surface area contributed by atoms with Crippen LogP contribution in [0.25, 0.3) is 11.3 Å². The quantitative estimate of drug-likeness (QED) is 0.681. The average Bonchev–Trinajstić information content (AvgIpc) is 2.59. The molecular weight excluding hydrogens is 343 g/mol. The van der Waals surface area contributed by atoms with E-state index >= 15 is 0 Å². The van der Waals surface area contributed by atoms with Crippen LogP contribution in [0.1, 0.15) is 11.1 Å². The minimum atomic E-state index is -0.343. The van der Waals surface area contributed by atoms with Gasteiger partial charge in [-0.05, 0) is 35.9 Å². The van der Waals surface area contributed by atoms with Gasteiger partial charge in [-0.1, -0.05) is 53.5 Å². The van der Waals surface area contributed by atoms with Gasteiger partial charge >= 0.3 is 0 Å². The maximum Gasteiger partial charge on any atom is 0.269 e. The van der Waals surface area contributed by atoms with Crippen molar-refractivity contribution in [2.45, 2.75) is 6.54 Å². The van der Waals surface area contributed by atoms with Crippen molar-refractivity contribution >= 4 is 23.2 Å². The van der Waals surface area contributed by atoms with Crippen LogP contribution in [0.2, 0.25) is 10.0 Å². The Morgan fingerprint density at radius 2 is 1.67 bits per heavy atom. The summed E-state index contributed by atoms with van der Waals surface area (Å²) < 4.78 is 1.56. The largest absolute Gasteiger partial charge is 0.303 e. The number of benzene rings is 2. The fourth-order valence-corrected chi connectivity index (χ4v) is 2.86. The van der Waals surface area contributed by atoms with Gasteiger partial charge in [0.25, 0.3) is 5.56 Å². The van der Waals surface area contributed by atoms with Crippen LogP contribution in [0.3, 0.4) is 0 Å². The summed E-state index contributed by atoms with van der Waals surface area (Å²) in [5, 5.41) is 10.3. The molecule has 0 amide bonds. The molecular formula is C19H12Cl2N2O. The van der Waals surface area contributed by atoms with E-state index in [9.17, 15) is 4.79 Å². The summed E-state index contributed by atoms with van der Waals surface area (Å²) in [5.41, 5.74) is 2.07. The van der Waals surface area contributed by atoms with Gasteiger partial charge in [0.1, 0.15) is 11.6 Å². The van der Waals surface area contributed by atoms with Crippen LogP contribution >= 0.6 is 23.2 Å². The molecule has 1 heterocycles. The molecule has 0 unspecified atom stereocenters. The molecule has 0 fully saturated rings. The Kier molecular flexibility index (Phi) is 4.71. The van der Waals surface area contributed by atoms with Gasteiger partial charge < -0.3 is 4.57 Å². The predicted molar refractivity (Wildman–Crippen MR) is 96.4 cm³/mol. The zero-order chi connectivity index (χ0) is 17.1. The Hall–Kier alpha value is -2.54. The van der Waals surface area contributed by atoms with Crippen molar-refractivity contribution in [1.82, 2.24) is 4.57 Å². The molecule has 0 bridgehead atoms. The van der Waals surface area contributed by atoms with Gasteiger partial charge in [-0.3, -0.25) is 4.79 Å². The molecule has 0 atom stereocenters. The maximum absolute atomic E-state index is 12.6. The van der Waals surface area contributed by atoms with Gasteiger partial charge in [0, 0.05) is 15.6 Å². The van der Waals surface area contributed by atoms with Crippen molar-refractivity contribution in [3.63, 3.8) is 0 Å². The number of hydrogen-bond acceptors (Lipinski definition) is 2. The lowest BCUT2D eigenvalue weighted by atomic mass is 10.1. The molecule has 1 aromatic heterocycles. The zero-order valence-electron chi connectivity index (χ0n) is 12.5. The van der Waals surface area contributed by atoms with Crippen LogP contribution < -0.4 is 5.56 Å². The second-order valence-electron chi connectivity index (χ2n) is 5.24.